The Labute approximate surface area is 108 Å². The average Bonchev–Trinajstić information content (AvgIpc) is 2.76. The number of carbonyl (C=O) groups is 1. The highest BCUT2D eigenvalue weighted by molar-refractivity contribution is 7.08. The van der Waals surface area contributed by atoms with Crippen molar-refractivity contribution < 1.29 is 4.79 Å². The molecular formula is C12H11ClN2OS. The number of amides is 1. The second-order valence-corrected chi connectivity index (χ2v) is 4.78. The summed E-state index contributed by atoms with van der Waals surface area (Å²) in [6, 6.07) is 6.97. The van der Waals surface area contributed by atoms with Gasteiger partial charge in [-0.2, -0.15) is 11.3 Å². The molecule has 2 rings (SSSR count). The molecule has 17 heavy (non-hydrogen) atoms. The minimum Gasteiger partial charge on any atom is -0.397 e. The molecule has 1 amide bonds. The number of benzene rings is 1. The molecule has 0 aliphatic carbocycles. The topological polar surface area (TPSA) is 55.1 Å². The Morgan fingerprint density at radius 2 is 2.24 bits per heavy atom. The van der Waals surface area contributed by atoms with Crippen molar-refractivity contribution in [1.29, 1.82) is 0 Å². The van der Waals surface area contributed by atoms with Gasteiger partial charge in [-0.25, -0.2) is 0 Å². The van der Waals surface area contributed by atoms with E-state index in [-0.39, 0.29) is 5.91 Å². The highest BCUT2D eigenvalue weighted by Crippen LogP contribution is 2.22. The van der Waals surface area contributed by atoms with Gasteiger partial charge in [0, 0.05) is 5.69 Å². The summed E-state index contributed by atoms with van der Waals surface area (Å²) in [5, 5.41) is 7.16. The number of halogens is 1. The predicted molar refractivity (Wildman–Crippen MR) is 72.5 cm³/mol. The summed E-state index contributed by atoms with van der Waals surface area (Å²) in [6.07, 6.45) is 0.367. The van der Waals surface area contributed by atoms with E-state index in [0.717, 1.165) is 5.56 Å². The molecule has 0 saturated carbocycles. The van der Waals surface area contributed by atoms with Crippen LogP contribution < -0.4 is 11.1 Å². The maximum Gasteiger partial charge on any atom is 0.228 e. The van der Waals surface area contributed by atoms with Crippen LogP contribution in [0.25, 0.3) is 0 Å². The van der Waals surface area contributed by atoms with Gasteiger partial charge in [0.2, 0.25) is 5.91 Å². The number of carbonyl (C=O) groups excluding carboxylic acids is 1. The largest absolute Gasteiger partial charge is 0.397 e. The predicted octanol–water partition coefficient (Wildman–Crippen LogP) is 3.16. The van der Waals surface area contributed by atoms with Crippen LogP contribution >= 0.6 is 22.9 Å². The molecule has 5 heteroatoms. The Balaban J connectivity index is 2.00. The molecule has 1 heterocycles. The van der Waals surface area contributed by atoms with Crippen LogP contribution in [0.5, 0.6) is 0 Å². The first kappa shape index (κ1) is 12.0. The van der Waals surface area contributed by atoms with Gasteiger partial charge in [0.05, 0.1) is 17.1 Å². The van der Waals surface area contributed by atoms with Gasteiger partial charge in [-0.15, -0.1) is 0 Å². The van der Waals surface area contributed by atoms with Crippen molar-refractivity contribution in [2.24, 2.45) is 0 Å². The summed E-state index contributed by atoms with van der Waals surface area (Å²) in [6.45, 7) is 0. The molecule has 0 atom stereocenters. The van der Waals surface area contributed by atoms with Gasteiger partial charge < -0.3 is 11.1 Å². The SMILES string of the molecule is Nc1cc(NC(=O)Cc2ccsc2)ccc1Cl. The van der Waals surface area contributed by atoms with Crippen molar-refractivity contribution in [2.45, 2.75) is 6.42 Å². The lowest BCUT2D eigenvalue weighted by Gasteiger charge is -2.06. The molecule has 3 N–H and O–H groups in total. The van der Waals surface area contributed by atoms with Gasteiger partial charge in [-0.1, -0.05) is 11.6 Å². The Kier molecular flexibility index (Phi) is 3.66. The Hall–Kier alpha value is -1.52. The average molecular weight is 267 g/mol. The van der Waals surface area contributed by atoms with E-state index < -0.39 is 0 Å². The van der Waals surface area contributed by atoms with E-state index in [9.17, 15) is 4.79 Å². The Bertz CT molecular complexity index is 525. The molecular weight excluding hydrogens is 256 g/mol. The fourth-order valence-electron chi connectivity index (χ4n) is 1.41. The lowest BCUT2D eigenvalue weighted by atomic mass is 10.2. The summed E-state index contributed by atoms with van der Waals surface area (Å²) in [4.78, 5) is 11.7. The number of thiophene rings is 1. The van der Waals surface area contributed by atoms with E-state index in [0.29, 0.717) is 22.8 Å². The van der Waals surface area contributed by atoms with Crippen molar-refractivity contribution in [3.05, 3.63) is 45.6 Å². The molecule has 0 aliphatic rings. The number of nitrogen functional groups attached to an aromatic ring is 1. The molecule has 88 valence electrons. The molecule has 0 spiro atoms. The standard InChI is InChI=1S/C12H11ClN2OS/c13-10-2-1-9(6-11(10)14)15-12(16)5-8-3-4-17-7-8/h1-4,6-7H,5,14H2,(H,15,16). The lowest BCUT2D eigenvalue weighted by Crippen LogP contribution is -2.14. The zero-order valence-electron chi connectivity index (χ0n) is 8.94. The van der Waals surface area contributed by atoms with Crippen LogP contribution in [0.2, 0.25) is 5.02 Å². The fraction of sp³-hybridized carbons (Fsp3) is 0.0833. The summed E-state index contributed by atoms with van der Waals surface area (Å²) in [7, 11) is 0. The Morgan fingerprint density at radius 3 is 2.88 bits per heavy atom. The number of hydrogen-bond acceptors (Lipinski definition) is 3. The second-order valence-electron chi connectivity index (χ2n) is 3.59. The zero-order chi connectivity index (χ0) is 12.3. The maximum atomic E-state index is 11.7. The second kappa shape index (κ2) is 5.21. The molecule has 0 fully saturated rings. The van der Waals surface area contributed by atoms with E-state index in [2.05, 4.69) is 5.32 Å². The lowest BCUT2D eigenvalue weighted by molar-refractivity contribution is -0.115. The van der Waals surface area contributed by atoms with Crippen LogP contribution in [0.1, 0.15) is 5.56 Å². The number of rotatable bonds is 3. The highest BCUT2D eigenvalue weighted by Gasteiger charge is 2.05. The van der Waals surface area contributed by atoms with Gasteiger partial charge in [0.25, 0.3) is 0 Å². The van der Waals surface area contributed by atoms with Crippen LogP contribution in [-0.4, -0.2) is 5.91 Å². The minimum absolute atomic E-state index is 0.0647. The van der Waals surface area contributed by atoms with E-state index in [1.165, 1.54) is 0 Å². The van der Waals surface area contributed by atoms with Crippen molar-refractivity contribution in [2.75, 3.05) is 11.1 Å². The number of anilines is 2. The highest BCUT2D eigenvalue weighted by atomic mass is 35.5. The fourth-order valence-corrected chi connectivity index (χ4v) is 2.19. The first-order chi connectivity index (χ1) is 8.15. The first-order valence-electron chi connectivity index (χ1n) is 5.01. The van der Waals surface area contributed by atoms with E-state index >= 15 is 0 Å². The van der Waals surface area contributed by atoms with Crippen molar-refractivity contribution >= 4 is 40.2 Å². The van der Waals surface area contributed by atoms with Crippen LogP contribution in [-0.2, 0) is 11.2 Å². The van der Waals surface area contributed by atoms with Crippen molar-refractivity contribution in [3.63, 3.8) is 0 Å². The molecule has 0 bridgehead atoms. The molecule has 0 aliphatic heterocycles. The van der Waals surface area contributed by atoms with Gasteiger partial charge in [0.1, 0.15) is 0 Å². The van der Waals surface area contributed by atoms with E-state index in [1.807, 2.05) is 16.8 Å². The Morgan fingerprint density at radius 1 is 1.41 bits per heavy atom. The molecule has 2 aromatic rings. The minimum atomic E-state index is -0.0647. The van der Waals surface area contributed by atoms with Crippen LogP contribution in [0.3, 0.4) is 0 Å². The normalized spacial score (nSPS) is 10.2. The van der Waals surface area contributed by atoms with Gasteiger partial charge in [-0.05, 0) is 40.6 Å². The third kappa shape index (κ3) is 3.22. The molecule has 0 unspecified atom stereocenters. The van der Waals surface area contributed by atoms with E-state index in [4.69, 9.17) is 17.3 Å². The monoisotopic (exact) mass is 266 g/mol. The molecule has 0 radical (unpaired) electrons. The van der Waals surface area contributed by atoms with Crippen molar-refractivity contribution in [1.82, 2.24) is 0 Å². The zero-order valence-corrected chi connectivity index (χ0v) is 10.5. The maximum absolute atomic E-state index is 11.7. The summed E-state index contributed by atoms with van der Waals surface area (Å²) < 4.78 is 0. The molecule has 1 aromatic carbocycles. The van der Waals surface area contributed by atoms with Gasteiger partial charge >= 0.3 is 0 Å². The number of nitrogens with two attached hydrogens (primary N) is 1. The molecule has 1 aromatic heterocycles. The first-order valence-corrected chi connectivity index (χ1v) is 6.33. The summed E-state index contributed by atoms with van der Waals surface area (Å²) in [5.41, 5.74) is 7.78. The van der Waals surface area contributed by atoms with Crippen LogP contribution in [0.4, 0.5) is 11.4 Å². The number of hydrogen-bond donors (Lipinski definition) is 2. The smallest absolute Gasteiger partial charge is 0.228 e. The summed E-state index contributed by atoms with van der Waals surface area (Å²) >= 11 is 7.37. The van der Waals surface area contributed by atoms with Crippen LogP contribution in [0, 0.1) is 0 Å². The third-order valence-corrected chi connectivity index (χ3v) is 3.30. The molecule has 0 saturated heterocycles. The summed E-state index contributed by atoms with van der Waals surface area (Å²) in [5.74, 6) is -0.0647. The van der Waals surface area contributed by atoms with Crippen molar-refractivity contribution in [3.8, 4) is 0 Å². The number of nitrogens with one attached hydrogen (secondary N) is 1. The van der Waals surface area contributed by atoms with Gasteiger partial charge in [-0.3, -0.25) is 4.79 Å². The third-order valence-electron chi connectivity index (χ3n) is 2.22. The van der Waals surface area contributed by atoms with Crippen LogP contribution in [0.15, 0.2) is 35.0 Å². The quantitative estimate of drug-likeness (QED) is 0.839. The molecule has 3 nitrogen and oxygen atoms in total. The van der Waals surface area contributed by atoms with Gasteiger partial charge in [0.15, 0.2) is 0 Å². The van der Waals surface area contributed by atoms with E-state index in [1.54, 1.807) is 29.5 Å².